The van der Waals surface area contributed by atoms with Crippen molar-refractivity contribution in [2.45, 2.75) is 18.9 Å². The predicted octanol–water partition coefficient (Wildman–Crippen LogP) is 1.77. The summed E-state index contributed by atoms with van der Waals surface area (Å²) < 4.78 is 9.94. The standard InChI is InChI=1S/C14H18N2O4/c1-19-13(17)10-3-2-4-11(9-10)16-14(18)20-12-5-7-15-8-6-12/h2-4,9,12,15H,5-8H2,1H3,(H,16,18). The fourth-order valence-electron chi connectivity index (χ4n) is 2.05. The molecule has 1 amide bonds. The molecule has 1 aromatic rings. The number of methoxy groups -OCH3 is 1. The summed E-state index contributed by atoms with van der Waals surface area (Å²) in [7, 11) is 1.31. The highest BCUT2D eigenvalue weighted by atomic mass is 16.6. The first-order chi connectivity index (χ1) is 9.69. The van der Waals surface area contributed by atoms with Crippen LogP contribution >= 0.6 is 0 Å². The molecule has 1 aromatic carbocycles. The minimum Gasteiger partial charge on any atom is -0.465 e. The minimum absolute atomic E-state index is 0.0555. The van der Waals surface area contributed by atoms with E-state index in [9.17, 15) is 9.59 Å². The number of benzene rings is 1. The van der Waals surface area contributed by atoms with Gasteiger partial charge in [-0.2, -0.15) is 0 Å². The minimum atomic E-state index is -0.501. The maximum absolute atomic E-state index is 11.8. The fourth-order valence-corrected chi connectivity index (χ4v) is 2.05. The number of anilines is 1. The molecule has 0 spiro atoms. The first-order valence-electron chi connectivity index (χ1n) is 6.56. The third-order valence-corrected chi connectivity index (χ3v) is 3.09. The molecule has 20 heavy (non-hydrogen) atoms. The van der Waals surface area contributed by atoms with Gasteiger partial charge in [0.1, 0.15) is 6.10 Å². The quantitative estimate of drug-likeness (QED) is 0.824. The molecule has 2 rings (SSSR count). The first kappa shape index (κ1) is 14.3. The zero-order chi connectivity index (χ0) is 14.4. The van der Waals surface area contributed by atoms with Crippen LogP contribution in [-0.4, -0.2) is 38.4 Å². The van der Waals surface area contributed by atoms with Crippen LogP contribution in [0.1, 0.15) is 23.2 Å². The molecule has 0 atom stereocenters. The van der Waals surface area contributed by atoms with Gasteiger partial charge in [0.15, 0.2) is 0 Å². The van der Waals surface area contributed by atoms with Crippen LogP contribution in [0.15, 0.2) is 24.3 Å². The summed E-state index contributed by atoms with van der Waals surface area (Å²) >= 11 is 0. The Kier molecular flexibility index (Phi) is 4.95. The van der Waals surface area contributed by atoms with E-state index in [4.69, 9.17) is 4.74 Å². The number of piperidine rings is 1. The molecule has 2 N–H and O–H groups in total. The van der Waals surface area contributed by atoms with Crippen LogP contribution in [0.3, 0.4) is 0 Å². The van der Waals surface area contributed by atoms with Crippen LogP contribution in [0, 0.1) is 0 Å². The smallest absolute Gasteiger partial charge is 0.411 e. The Morgan fingerprint density at radius 1 is 1.30 bits per heavy atom. The second-order valence-corrected chi connectivity index (χ2v) is 4.55. The average molecular weight is 278 g/mol. The third-order valence-electron chi connectivity index (χ3n) is 3.09. The average Bonchev–Trinajstić information content (AvgIpc) is 2.47. The second kappa shape index (κ2) is 6.91. The van der Waals surface area contributed by atoms with Gasteiger partial charge in [-0.15, -0.1) is 0 Å². The van der Waals surface area contributed by atoms with Crippen molar-refractivity contribution >= 4 is 17.7 Å². The van der Waals surface area contributed by atoms with Crippen molar-refractivity contribution < 1.29 is 19.1 Å². The maximum Gasteiger partial charge on any atom is 0.411 e. The largest absolute Gasteiger partial charge is 0.465 e. The second-order valence-electron chi connectivity index (χ2n) is 4.55. The maximum atomic E-state index is 11.8. The Bertz CT molecular complexity index is 484. The summed E-state index contributed by atoms with van der Waals surface area (Å²) in [4.78, 5) is 23.2. The van der Waals surface area contributed by atoms with Crippen molar-refractivity contribution in [2.75, 3.05) is 25.5 Å². The van der Waals surface area contributed by atoms with Gasteiger partial charge < -0.3 is 14.8 Å². The lowest BCUT2D eigenvalue weighted by Crippen LogP contribution is -2.34. The molecule has 6 nitrogen and oxygen atoms in total. The van der Waals surface area contributed by atoms with E-state index < -0.39 is 12.1 Å². The monoisotopic (exact) mass is 278 g/mol. The Balaban J connectivity index is 1.91. The van der Waals surface area contributed by atoms with Crippen molar-refractivity contribution in [1.82, 2.24) is 5.32 Å². The van der Waals surface area contributed by atoms with Gasteiger partial charge in [0.25, 0.3) is 0 Å². The highest BCUT2D eigenvalue weighted by molar-refractivity contribution is 5.92. The van der Waals surface area contributed by atoms with E-state index in [-0.39, 0.29) is 6.10 Å². The molecule has 6 heteroatoms. The summed E-state index contributed by atoms with van der Waals surface area (Å²) in [5, 5.41) is 5.82. The predicted molar refractivity (Wildman–Crippen MR) is 73.8 cm³/mol. The number of hydrogen-bond donors (Lipinski definition) is 2. The van der Waals surface area contributed by atoms with Gasteiger partial charge in [0.2, 0.25) is 0 Å². The molecule has 1 saturated heterocycles. The van der Waals surface area contributed by atoms with E-state index in [1.807, 2.05) is 0 Å². The van der Waals surface area contributed by atoms with Crippen molar-refractivity contribution in [1.29, 1.82) is 0 Å². The molecular formula is C14H18N2O4. The van der Waals surface area contributed by atoms with Gasteiger partial charge in [-0.1, -0.05) is 6.07 Å². The summed E-state index contributed by atoms with van der Waals surface area (Å²) in [5.74, 6) is -0.444. The zero-order valence-corrected chi connectivity index (χ0v) is 11.3. The topological polar surface area (TPSA) is 76.7 Å². The summed E-state index contributed by atoms with van der Waals surface area (Å²) in [6.45, 7) is 1.71. The lowest BCUT2D eigenvalue weighted by atomic mass is 10.1. The molecule has 0 bridgehead atoms. The van der Waals surface area contributed by atoms with Crippen molar-refractivity contribution in [3.8, 4) is 0 Å². The van der Waals surface area contributed by atoms with Gasteiger partial charge in [0.05, 0.1) is 12.7 Å². The summed E-state index contributed by atoms with van der Waals surface area (Å²) in [6.07, 6.45) is 1.07. The molecule has 1 aliphatic heterocycles. The fraction of sp³-hybridized carbons (Fsp3) is 0.429. The van der Waals surface area contributed by atoms with E-state index in [0.717, 1.165) is 25.9 Å². The Labute approximate surface area is 117 Å². The number of carbonyl (C=O) groups is 2. The van der Waals surface area contributed by atoms with E-state index in [0.29, 0.717) is 11.3 Å². The van der Waals surface area contributed by atoms with E-state index in [1.54, 1.807) is 24.3 Å². The SMILES string of the molecule is COC(=O)c1cccc(NC(=O)OC2CCNCC2)c1. The van der Waals surface area contributed by atoms with E-state index in [1.165, 1.54) is 7.11 Å². The lowest BCUT2D eigenvalue weighted by Gasteiger charge is -2.22. The number of hydrogen-bond acceptors (Lipinski definition) is 5. The van der Waals surface area contributed by atoms with Gasteiger partial charge in [0, 0.05) is 5.69 Å². The van der Waals surface area contributed by atoms with Crippen LogP contribution in [-0.2, 0) is 9.47 Å². The van der Waals surface area contributed by atoms with Crippen molar-refractivity contribution in [3.63, 3.8) is 0 Å². The highest BCUT2D eigenvalue weighted by Gasteiger charge is 2.17. The third kappa shape index (κ3) is 3.96. The molecule has 1 fully saturated rings. The zero-order valence-electron chi connectivity index (χ0n) is 11.3. The molecule has 0 saturated carbocycles. The van der Waals surface area contributed by atoms with Crippen molar-refractivity contribution in [3.05, 3.63) is 29.8 Å². The lowest BCUT2D eigenvalue weighted by molar-refractivity contribution is 0.0600. The normalized spacial score (nSPS) is 15.4. The molecular weight excluding hydrogens is 260 g/mol. The van der Waals surface area contributed by atoms with Crippen LogP contribution < -0.4 is 10.6 Å². The van der Waals surface area contributed by atoms with Gasteiger partial charge in [-0.3, -0.25) is 5.32 Å². The first-order valence-corrected chi connectivity index (χ1v) is 6.56. The number of nitrogens with one attached hydrogen (secondary N) is 2. The van der Waals surface area contributed by atoms with Gasteiger partial charge >= 0.3 is 12.1 Å². The molecule has 0 unspecified atom stereocenters. The number of ether oxygens (including phenoxy) is 2. The Morgan fingerprint density at radius 3 is 2.75 bits per heavy atom. The molecule has 1 heterocycles. The molecule has 0 aromatic heterocycles. The van der Waals surface area contributed by atoms with Crippen molar-refractivity contribution in [2.24, 2.45) is 0 Å². The molecule has 108 valence electrons. The van der Waals surface area contributed by atoms with E-state index in [2.05, 4.69) is 15.4 Å². The molecule has 0 aliphatic carbocycles. The molecule has 1 aliphatic rings. The number of carbonyl (C=O) groups excluding carboxylic acids is 2. The number of esters is 1. The molecule has 0 radical (unpaired) electrons. The van der Waals surface area contributed by atoms with Crippen LogP contribution in [0.25, 0.3) is 0 Å². The van der Waals surface area contributed by atoms with Crippen LogP contribution in [0.2, 0.25) is 0 Å². The van der Waals surface area contributed by atoms with Crippen LogP contribution in [0.5, 0.6) is 0 Å². The Morgan fingerprint density at radius 2 is 2.05 bits per heavy atom. The summed E-state index contributed by atoms with van der Waals surface area (Å²) in [6, 6.07) is 6.53. The van der Waals surface area contributed by atoms with E-state index >= 15 is 0 Å². The summed E-state index contributed by atoms with van der Waals surface area (Å²) in [5.41, 5.74) is 0.888. The Hall–Kier alpha value is -2.08. The van der Waals surface area contributed by atoms with Gasteiger partial charge in [-0.05, 0) is 44.1 Å². The number of amides is 1. The van der Waals surface area contributed by atoms with Gasteiger partial charge in [-0.25, -0.2) is 9.59 Å². The number of rotatable bonds is 3. The van der Waals surface area contributed by atoms with Crippen LogP contribution in [0.4, 0.5) is 10.5 Å². The highest BCUT2D eigenvalue weighted by Crippen LogP contribution is 2.13.